The number of nitrogens with two attached hydrogens (primary N) is 1. The molecular formula is C9H18ClF2NO. The highest BCUT2D eigenvalue weighted by molar-refractivity contribution is 5.85. The maximum absolute atomic E-state index is 12.8. The van der Waals surface area contributed by atoms with E-state index in [2.05, 4.69) is 0 Å². The van der Waals surface area contributed by atoms with E-state index in [9.17, 15) is 8.78 Å². The zero-order valence-corrected chi connectivity index (χ0v) is 9.16. The molecule has 2 N–H and O–H groups in total. The van der Waals surface area contributed by atoms with Crippen molar-refractivity contribution in [3.63, 3.8) is 0 Å². The third-order valence-corrected chi connectivity index (χ3v) is 2.82. The van der Waals surface area contributed by atoms with E-state index in [1.165, 1.54) is 0 Å². The third-order valence-electron chi connectivity index (χ3n) is 2.82. The maximum atomic E-state index is 12.8. The van der Waals surface area contributed by atoms with Crippen molar-refractivity contribution in [1.29, 1.82) is 0 Å². The summed E-state index contributed by atoms with van der Waals surface area (Å²) in [5, 5.41) is 0. The molecule has 1 atom stereocenters. The van der Waals surface area contributed by atoms with Gasteiger partial charge in [0.2, 0.25) is 5.92 Å². The molecule has 2 nitrogen and oxygen atoms in total. The number of methoxy groups -OCH3 is 1. The first-order chi connectivity index (χ1) is 6.09. The van der Waals surface area contributed by atoms with Crippen LogP contribution < -0.4 is 5.73 Å². The fraction of sp³-hybridized carbons (Fsp3) is 1.00. The van der Waals surface area contributed by atoms with Crippen molar-refractivity contribution < 1.29 is 13.5 Å². The highest BCUT2D eigenvalue weighted by Gasteiger charge is 2.37. The van der Waals surface area contributed by atoms with Crippen molar-refractivity contribution in [2.75, 3.05) is 13.7 Å². The zero-order valence-electron chi connectivity index (χ0n) is 8.34. The Morgan fingerprint density at radius 2 is 1.93 bits per heavy atom. The molecule has 0 saturated heterocycles. The van der Waals surface area contributed by atoms with Crippen molar-refractivity contribution in [3.8, 4) is 0 Å². The summed E-state index contributed by atoms with van der Waals surface area (Å²) in [7, 11) is 1.59. The Morgan fingerprint density at radius 3 is 2.29 bits per heavy atom. The summed E-state index contributed by atoms with van der Waals surface area (Å²) in [5.74, 6) is -2.24. The van der Waals surface area contributed by atoms with Crippen molar-refractivity contribution >= 4 is 12.4 Å². The number of ether oxygens (including phenoxy) is 1. The lowest BCUT2D eigenvalue weighted by atomic mass is 9.83. The quantitative estimate of drug-likeness (QED) is 0.806. The van der Waals surface area contributed by atoms with E-state index in [4.69, 9.17) is 10.5 Å². The minimum Gasteiger partial charge on any atom is -0.380 e. The second-order valence-corrected chi connectivity index (χ2v) is 3.70. The second kappa shape index (κ2) is 5.83. The highest BCUT2D eigenvalue weighted by Crippen LogP contribution is 2.37. The summed E-state index contributed by atoms with van der Waals surface area (Å²) in [6, 6.07) is 0. The van der Waals surface area contributed by atoms with Gasteiger partial charge in [0.1, 0.15) is 0 Å². The van der Waals surface area contributed by atoms with Crippen molar-refractivity contribution in [2.24, 2.45) is 11.7 Å². The normalized spacial score (nSPS) is 24.0. The van der Waals surface area contributed by atoms with Crippen LogP contribution in [0.15, 0.2) is 0 Å². The van der Waals surface area contributed by atoms with Gasteiger partial charge in [0.05, 0.1) is 6.10 Å². The molecule has 1 rings (SSSR count). The molecule has 1 unspecified atom stereocenters. The largest absolute Gasteiger partial charge is 0.380 e. The Labute approximate surface area is 89.6 Å². The van der Waals surface area contributed by atoms with Gasteiger partial charge in [-0.25, -0.2) is 8.78 Å². The highest BCUT2D eigenvalue weighted by atomic mass is 35.5. The Kier molecular flexibility index (Phi) is 5.86. The van der Waals surface area contributed by atoms with Gasteiger partial charge in [-0.3, -0.25) is 0 Å². The van der Waals surface area contributed by atoms with E-state index in [0.717, 1.165) is 0 Å². The summed E-state index contributed by atoms with van der Waals surface area (Å²) < 4.78 is 30.7. The maximum Gasteiger partial charge on any atom is 0.248 e. The molecule has 1 aliphatic rings. The fourth-order valence-corrected chi connectivity index (χ4v) is 1.92. The summed E-state index contributed by atoms with van der Waals surface area (Å²) in [6.45, 7) is 0.423. The Balaban J connectivity index is 0.00000169. The van der Waals surface area contributed by atoms with Gasteiger partial charge in [-0.2, -0.15) is 0 Å². The summed E-state index contributed by atoms with van der Waals surface area (Å²) in [4.78, 5) is 0. The van der Waals surface area contributed by atoms with Crippen LogP contribution in [0, 0.1) is 5.92 Å². The molecule has 1 saturated carbocycles. The van der Waals surface area contributed by atoms with Gasteiger partial charge >= 0.3 is 0 Å². The van der Waals surface area contributed by atoms with Crippen LogP contribution in [0.4, 0.5) is 8.78 Å². The number of halogens is 3. The first-order valence-electron chi connectivity index (χ1n) is 4.70. The van der Waals surface area contributed by atoms with Crippen LogP contribution >= 0.6 is 12.4 Å². The molecular weight excluding hydrogens is 212 g/mol. The molecule has 1 aliphatic carbocycles. The van der Waals surface area contributed by atoms with E-state index in [-0.39, 0.29) is 37.3 Å². The average Bonchev–Trinajstić information content (AvgIpc) is 2.09. The van der Waals surface area contributed by atoms with Gasteiger partial charge in [0, 0.05) is 26.5 Å². The number of hydrogen-bond donors (Lipinski definition) is 1. The molecule has 14 heavy (non-hydrogen) atoms. The molecule has 1 fully saturated rings. The van der Waals surface area contributed by atoms with Crippen molar-refractivity contribution in [1.82, 2.24) is 0 Å². The minimum absolute atomic E-state index is 0. The number of rotatable bonds is 3. The average molecular weight is 230 g/mol. The Bertz CT molecular complexity index is 155. The van der Waals surface area contributed by atoms with Crippen molar-refractivity contribution in [2.45, 2.75) is 37.7 Å². The van der Waals surface area contributed by atoms with Crippen LogP contribution in [0.5, 0.6) is 0 Å². The second-order valence-electron chi connectivity index (χ2n) is 3.70. The predicted octanol–water partition coefficient (Wildman–Crippen LogP) is 2.21. The standard InChI is InChI=1S/C9H17F2NO.ClH/c1-13-8(6-12)7-2-4-9(10,11)5-3-7;/h7-8H,2-6,12H2,1H3;1H. The van der Waals surface area contributed by atoms with E-state index in [1.54, 1.807) is 7.11 Å². The number of alkyl halides is 2. The number of hydrogen-bond acceptors (Lipinski definition) is 2. The van der Waals surface area contributed by atoms with Crippen LogP contribution in [0.25, 0.3) is 0 Å². The van der Waals surface area contributed by atoms with E-state index in [0.29, 0.717) is 19.4 Å². The molecule has 0 aliphatic heterocycles. The molecule has 0 aromatic carbocycles. The van der Waals surface area contributed by atoms with E-state index < -0.39 is 5.92 Å². The molecule has 0 radical (unpaired) electrons. The van der Waals surface area contributed by atoms with Gasteiger partial charge in [0.25, 0.3) is 0 Å². The fourth-order valence-electron chi connectivity index (χ4n) is 1.92. The molecule has 0 bridgehead atoms. The van der Waals surface area contributed by atoms with Gasteiger partial charge in [-0.05, 0) is 18.8 Å². The summed E-state index contributed by atoms with van der Waals surface area (Å²) >= 11 is 0. The summed E-state index contributed by atoms with van der Waals surface area (Å²) in [6.07, 6.45) is 0.983. The molecule has 0 aromatic rings. The molecule has 0 spiro atoms. The molecule has 5 heteroatoms. The topological polar surface area (TPSA) is 35.2 Å². The first-order valence-corrected chi connectivity index (χ1v) is 4.70. The Morgan fingerprint density at radius 1 is 1.43 bits per heavy atom. The van der Waals surface area contributed by atoms with Crippen LogP contribution in [0.1, 0.15) is 25.7 Å². The van der Waals surface area contributed by atoms with Crippen molar-refractivity contribution in [3.05, 3.63) is 0 Å². The van der Waals surface area contributed by atoms with E-state index in [1.807, 2.05) is 0 Å². The molecule has 0 heterocycles. The lowest BCUT2D eigenvalue weighted by molar-refractivity contribution is -0.0665. The first kappa shape index (κ1) is 14.1. The van der Waals surface area contributed by atoms with Crippen LogP contribution in [0.3, 0.4) is 0 Å². The van der Waals surface area contributed by atoms with E-state index >= 15 is 0 Å². The minimum atomic E-state index is -2.45. The lowest BCUT2D eigenvalue weighted by Crippen LogP contribution is -2.36. The molecule has 0 amide bonds. The van der Waals surface area contributed by atoms with Gasteiger partial charge in [0.15, 0.2) is 0 Å². The van der Waals surface area contributed by atoms with Gasteiger partial charge < -0.3 is 10.5 Å². The Hall–Kier alpha value is 0.0700. The summed E-state index contributed by atoms with van der Waals surface area (Å²) in [5.41, 5.74) is 5.47. The van der Waals surface area contributed by atoms with Crippen LogP contribution in [-0.2, 0) is 4.74 Å². The SMILES string of the molecule is COC(CN)C1CCC(F)(F)CC1.Cl. The monoisotopic (exact) mass is 229 g/mol. The molecule has 86 valence electrons. The molecule has 0 aromatic heterocycles. The third kappa shape index (κ3) is 3.67. The van der Waals surface area contributed by atoms with Gasteiger partial charge in [-0.1, -0.05) is 0 Å². The van der Waals surface area contributed by atoms with Crippen LogP contribution in [0.2, 0.25) is 0 Å². The zero-order chi connectivity index (χ0) is 9.90. The lowest BCUT2D eigenvalue weighted by Gasteiger charge is -2.32. The smallest absolute Gasteiger partial charge is 0.248 e. The predicted molar refractivity (Wildman–Crippen MR) is 54.0 cm³/mol. The van der Waals surface area contributed by atoms with Crippen LogP contribution in [-0.4, -0.2) is 25.7 Å². The van der Waals surface area contributed by atoms with Gasteiger partial charge in [-0.15, -0.1) is 12.4 Å².